The van der Waals surface area contributed by atoms with E-state index in [1.165, 1.54) is 23.2 Å². The number of nitrogens with zero attached hydrogens (tertiary/aromatic N) is 1. The number of hydrogen-bond acceptors (Lipinski definition) is 5. The third-order valence-corrected chi connectivity index (χ3v) is 5.08. The van der Waals surface area contributed by atoms with Crippen molar-refractivity contribution in [2.45, 2.75) is 13.5 Å². The molecule has 0 aromatic heterocycles. The van der Waals surface area contributed by atoms with Crippen molar-refractivity contribution in [1.82, 2.24) is 5.43 Å². The van der Waals surface area contributed by atoms with E-state index in [0.29, 0.717) is 29.4 Å². The Balaban J connectivity index is 1.53. The molecule has 1 saturated heterocycles. The van der Waals surface area contributed by atoms with Crippen LogP contribution in [0.3, 0.4) is 0 Å². The summed E-state index contributed by atoms with van der Waals surface area (Å²) in [7, 11) is 0. The predicted molar refractivity (Wildman–Crippen MR) is 125 cm³/mol. The van der Waals surface area contributed by atoms with Gasteiger partial charge in [-0.05, 0) is 60.5 Å². The number of rotatable bonds is 8. The quantitative estimate of drug-likeness (QED) is 0.393. The number of carbonyl (C=O) groups excluding carboxylic acids is 2. The second kappa shape index (κ2) is 9.91. The van der Waals surface area contributed by atoms with Crippen molar-refractivity contribution < 1.29 is 29.0 Å². The van der Waals surface area contributed by atoms with Crippen LogP contribution >= 0.6 is 0 Å². The topological polar surface area (TPSA) is 105 Å². The molecular weight excluding hydrogens is 436 g/mol. The number of amides is 2. The van der Waals surface area contributed by atoms with Crippen LogP contribution in [0.4, 0.5) is 5.69 Å². The lowest BCUT2D eigenvalue weighted by atomic mass is 10.1. The SMILES string of the molecule is CCOc1cc(/C=C2/C(=O)NN(c3ccccc3)C2=O)ccc1OCc1ccc(C(=O)O)cc1. The smallest absolute Gasteiger partial charge is 0.335 e. The van der Waals surface area contributed by atoms with E-state index in [9.17, 15) is 14.4 Å². The summed E-state index contributed by atoms with van der Waals surface area (Å²) in [6.45, 7) is 2.45. The summed E-state index contributed by atoms with van der Waals surface area (Å²) in [4.78, 5) is 36.2. The van der Waals surface area contributed by atoms with Crippen molar-refractivity contribution in [3.63, 3.8) is 0 Å². The van der Waals surface area contributed by atoms with E-state index < -0.39 is 17.8 Å². The second-order valence-corrected chi connectivity index (χ2v) is 7.40. The fourth-order valence-corrected chi connectivity index (χ4v) is 3.39. The summed E-state index contributed by atoms with van der Waals surface area (Å²) < 4.78 is 11.6. The number of carboxylic acid groups (broad SMARTS) is 1. The van der Waals surface area contributed by atoms with Crippen LogP contribution in [-0.2, 0) is 16.2 Å². The van der Waals surface area contributed by atoms with Gasteiger partial charge in [0, 0.05) is 0 Å². The van der Waals surface area contributed by atoms with E-state index in [-0.39, 0.29) is 17.7 Å². The van der Waals surface area contributed by atoms with E-state index in [4.69, 9.17) is 14.6 Å². The number of carbonyl (C=O) groups is 3. The van der Waals surface area contributed by atoms with Crippen molar-refractivity contribution in [3.05, 3.63) is 95.1 Å². The maximum absolute atomic E-state index is 12.8. The summed E-state index contributed by atoms with van der Waals surface area (Å²) in [5, 5.41) is 10.2. The van der Waals surface area contributed by atoms with Crippen LogP contribution < -0.4 is 19.9 Å². The number of hydrogen-bond donors (Lipinski definition) is 2. The Morgan fingerprint density at radius 1 is 0.971 bits per heavy atom. The van der Waals surface area contributed by atoms with Gasteiger partial charge in [-0.1, -0.05) is 36.4 Å². The molecule has 2 amide bonds. The van der Waals surface area contributed by atoms with E-state index in [1.54, 1.807) is 54.6 Å². The molecule has 2 N–H and O–H groups in total. The van der Waals surface area contributed by atoms with E-state index in [0.717, 1.165) is 5.56 Å². The standard InChI is InChI=1S/C26H22N2O6/c1-2-33-23-15-18(10-13-22(23)34-16-17-8-11-19(12-9-17)26(31)32)14-21-24(29)27-28(25(21)30)20-6-4-3-5-7-20/h3-15H,2,16H2,1H3,(H,27,29)(H,31,32)/b21-14-. The molecule has 1 fully saturated rings. The van der Waals surface area contributed by atoms with Crippen LogP contribution in [0.2, 0.25) is 0 Å². The van der Waals surface area contributed by atoms with Crippen molar-refractivity contribution >= 4 is 29.5 Å². The highest BCUT2D eigenvalue weighted by atomic mass is 16.5. The third-order valence-electron chi connectivity index (χ3n) is 5.08. The molecule has 0 spiro atoms. The molecule has 1 aliphatic rings. The second-order valence-electron chi connectivity index (χ2n) is 7.40. The number of carboxylic acids is 1. The van der Waals surface area contributed by atoms with Gasteiger partial charge in [-0.25, -0.2) is 9.80 Å². The van der Waals surface area contributed by atoms with Crippen LogP contribution in [0.1, 0.15) is 28.4 Å². The van der Waals surface area contributed by atoms with Gasteiger partial charge in [0.2, 0.25) is 0 Å². The normalized spacial score (nSPS) is 14.3. The minimum atomic E-state index is -0.989. The number of nitrogens with one attached hydrogen (secondary N) is 1. The molecule has 1 aliphatic heterocycles. The fraction of sp³-hybridized carbons (Fsp3) is 0.115. The van der Waals surface area contributed by atoms with Gasteiger partial charge in [0.25, 0.3) is 11.8 Å². The van der Waals surface area contributed by atoms with E-state index >= 15 is 0 Å². The largest absolute Gasteiger partial charge is 0.490 e. The van der Waals surface area contributed by atoms with Crippen LogP contribution in [0.5, 0.6) is 11.5 Å². The van der Waals surface area contributed by atoms with Crippen molar-refractivity contribution in [2.75, 3.05) is 11.6 Å². The van der Waals surface area contributed by atoms with E-state index in [2.05, 4.69) is 5.43 Å². The Hall–Kier alpha value is -4.59. The monoisotopic (exact) mass is 458 g/mol. The van der Waals surface area contributed by atoms with Gasteiger partial charge in [0.1, 0.15) is 12.2 Å². The number of para-hydroxylation sites is 1. The van der Waals surface area contributed by atoms with Gasteiger partial charge in [0.05, 0.1) is 17.9 Å². The highest BCUT2D eigenvalue weighted by molar-refractivity contribution is 6.31. The number of benzene rings is 3. The lowest BCUT2D eigenvalue weighted by Gasteiger charge is -2.14. The Bertz CT molecular complexity index is 1250. The molecule has 3 aromatic rings. The molecule has 34 heavy (non-hydrogen) atoms. The van der Waals surface area contributed by atoms with Crippen LogP contribution in [0, 0.1) is 0 Å². The van der Waals surface area contributed by atoms with Gasteiger partial charge >= 0.3 is 5.97 Å². The van der Waals surface area contributed by atoms with Gasteiger partial charge in [-0.3, -0.25) is 15.0 Å². The number of hydrazine groups is 1. The van der Waals surface area contributed by atoms with Crippen LogP contribution in [0.15, 0.2) is 78.4 Å². The van der Waals surface area contributed by atoms with Gasteiger partial charge < -0.3 is 14.6 Å². The molecule has 0 saturated carbocycles. The third kappa shape index (κ3) is 4.91. The fourth-order valence-electron chi connectivity index (χ4n) is 3.39. The lowest BCUT2D eigenvalue weighted by Crippen LogP contribution is -2.35. The first kappa shape index (κ1) is 22.6. The molecule has 0 radical (unpaired) electrons. The molecule has 3 aromatic carbocycles. The molecule has 0 unspecified atom stereocenters. The molecule has 1 heterocycles. The first-order valence-electron chi connectivity index (χ1n) is 10.6. The van der Waals surface area contributed by atoms with Gasteiger partial charge in [-0.15, -0.1) is 0 Å². The van der Waals surface area contributed by atoms with Crippen molar-refractivity contribution in [1.29, 1.82) is 0 Å². The molecule has 8 heteroatoms. The Morgan fingerprint density at radius 2 is 1.71 bits per heavy atom. The lowest BCUT2D eigenvalue weighted by molar-refractivity contribution is -0.117. The minimum absolute atomic E-state index is 0.0125. The highest BCUT2D eigenvalue weighted by Gasteiger charge is 2.34. The average Bonchev–Trinajstić information content (AvgIpc) is 3.13. The van der Waals surface area contributed by atoms with Gasteiger partial charge in [0.15, 0.2) is 11.5 Å². The Kier molecular flexibility index (Phi) is 6.59. The van der Waals surface area contributed by atoms with Crippen LogP contribution in [0.25, 0.3) is 6.08 Å². The van der Waals surface area contributed by atoms with Crippen LogP contribution in [-0.4, -0.2) is 29.5 Å². The number of aromatic carboxylic acids is 1. The molecule has 0 atom stereocenters. The summed E-state index contributed by atoms with van der Waals surface area (Å²) in [6.07, 6.45) is 1.51. The van der Waals surface area contributed by atoms with Gasteiger partial charge in [-0.2, -0.15) is 0 Å². The Morgan fingerprint density at radius 3 is 2.38 bits per heavy atom. The first-order valence-corrected chi connectivity index (χ1v) is 10.6. The minimum Gasteiger partial charge on any atom is -0.490 e. The molecular formula is C26H22N2O6. The van der Waals surface area contributed by atoms with Crippen molar-refractivity contribution in [3.8, 4) is 11.5 Å². The van der Waals surface area contributed by atoms with E-state index in [1.807, 2.05) is 13.0 Å². The highest BCUT2D eigenvalue weighted by Crippen LogP contribution is 2.31. The number of ether oxygens (including phenoxy) is 2. The zero-order valence-corrected chi connectivity index (χ0v) is 18.4. The summed E-state index contributed by atoms with van der Waals surface area (Å²) >= 11 is 0. The Labute approximate surface area is 196 Å². The maximum Gasteiger partial charge on any atom is 0.335 e. The average molecular weight is 458 g/mol. The maximum atomic E-state index is 12.8. The molecule has 4 rings (SSSR count). The van der Waals surface area contributed by atoms with Crippen molar-refractivity contribution in [2.24, 2.45) is 0 Å². The summed E-state index contributed by atoms with van der Waals surface area (Å²) in [5.74, 6) is -0.974. The summed E-state index contributed by atoms with van der Waals surface area (Å²) in [5.41, 5.74) is 4.76. The summed E-state index contributed by atoms with van der Waals surface area (Å²) in [6, 6.07) is 20.4. The first-order chi connectivity index (χ1) is 16.5. The predicted octanol–water partition coefficient (Wildman–Crippen LogP) is 3.82. The zero-order chi connectivity index (χ0) is 24.1. The molecule has 0 aliphatic carbocycles. The number of anilines is 1. The zero-order valence-electron chi connectivity index (χ0n) is 18.4. The molecule has 172 valence electrons. The molecule has 0 bridgehead atoms. The molecule has 8 nitrogen and oxygen atoms in total.